The van der Waals surface area contributed by atoms with Gasteiger partial charge in [-0.2, -0.15) is 0 Å². The maximum absolute atomic E-state index is 3.71. The number of hydrogen-bond acceptors (Lipinski definition) is 0. The van der Waals surface area contributed by atoms with E-state index in [4.69, 9.17) is 0 Å². The van der Waals surface area contributed by atoms with Gasteiger partial charge >= 0.3 is 417 Å². The van der Waals surface area contributed by atoms with Crippen molar-refractivity contribution in [1.29, 1.82) is 0 Å². The maximum atomic E-state index is 3.71. The first-order chi connectivity index (χ1) is 31.8. The van der Waals surface area contributed by atoms with Crippen molar-refractivity contribution in [2.75, 3.05) is 0 Å². The Bertz CT molecular complexity index is 2410. The third-order valence-electron chi connectivity index (χ3n) is 14.1. The second-order valence-corrected chi connectivity index (χ2v) is 22.6. The van der Waals surface area contributed by atoms with Crippen LogP contribution in [0.1, 0.15) is 203 Å². The van der Waals surface area contributed by atoms with Gasteiger partial charge in [0.2, 0.25) is 0 Å². The molecule has 347 valence electrons. The molecule has 0 aliphatic carbocycles. The van der Waals surface area contributed by atoms with Crippen molar-refractivity contribution in [3.8, 4) is 66.8 Å². The molecule has 0 spiro atoms. The Balaban J connectivity index is 1.59. The topological polar surface area (TPSA) is 0 Å². The van der Waals surface area contributed by atoms with E-state index in [1.807, 2.05) is 0 Å². The fraction of sp³-hybridized carbons (Fsp3) is 0.364. The first-order valence-electron chi connectivity index (χ1n) is 25.4. The van der Waals surface area contributed by atoms with Gasteiger partial charge in [0, 0.05) is 0 Å². The van der Waals surface area contributed by atoms with Gasteiger partial charge in [-0.3, -0.25) is 0 Å². The Labute approximate surface area is 414 Å². The SMILES string of the molecule is CC(C)c1cccc(C(C)C)c1-c1cc(-c2cccc(-c3cc(-c4c(C(C)C)cccc4C(C)C)cc(-c4c(C(C)C)cccc4C(C)C)c3)c2[Se])cc(-c2c(C(C)C)cccc2C(C)C)c1. The molecule has 0 amide bonds. The van der Waals surface area contributed by atoms with Crippen molar-refractivity contribution in [3.05, 3.63) is 172 Å². The van der Waals surface area contributed by atoms with Crippen molar-refractivity contribution in [3.63, 3.8) is 0 Å². The summed E-state index contributed by atoms with van der Waals surface area (Å²) >= 11 is 3.71. The Kier molecular flexibility index (Phi) is 15.5. The summed E-state index contributed by atoms with van der Waals surface area (Å²) in [6.07, 6.45) is 0. The summed E-state index contributed by atoms with van der Waals surface area (Å²) in [4.78, 5) is 0. The monoisotopic (exact) mass is 950 g/mol. The standard InChI is InChI=1S/C66H77Se/c1-38(2)52-22-17-23-53(39(3)4)62(52)48-32-46(33-49(36-48)63-54(40(5)6)24-18-25-55(63)41(7)8)60-30-21-31-61(66(60)67)47-34-50(64-56(42(9)10)26-19-27-57(64)43(11)12)37-51(35-47)65-58(44(13)14)28-20-29-59(65)45(15)16/h17-45H,1-16H3. The zero-order chi connectivity index (χ0) is 48.6. The molecule has 0 atom stereocenters. The fourth-order valence-electron chi connectivity index (χ4n) is 10.7. The molecular formula is C66H77Se. The summed E-state index contributed by atoms with van der Waals surface area (Å²) in [7, 11) is 0. The number of benzene rings is 7. The van der Waals surface area contributed by atoms with Crippen LogP contribution in [-0.4, -0.2) is 16.0 Å². The molecule has 0 aliphatic heterocycles. The third kappa shape index (κ3) is 10.1. The van der Waals surface area contributed by atoms with Crippen LogP contribution in [0, 0.1) is 0 Å². The van der Waals surface area contributed by atoms with Gasteiger partial charge in [-0.25, -0.2) is 0 Å². The van der Waals surface area contributed by atoms with Crippen LogP contribution in [0.25, 0.3) is 66.8 Å². The molecule has 0 saturated heterocycles. The second-order valence-electron chi connectivity index (χ2n) is 21.8. The second kappa shape index (κ2) is 20.7. The number of rotatable bonds is 14. The summed E-state index contributed by atoms with van der Waals surface area (Å²) in [5.41, 5.74) is 26.9. The van der Waals surface area contributed by atoms with Gasteiger partial charge < -0.3 is 0 Å². The van der Waals surface area contributed by atoms with E-state index in [2.05, 4.69) is 254 Å². The molecule has 1 heteroatoms. The first-order valence-corrected chi connectivity index (χ1v) is 26.3. The van der Waals surface area contributed by atoms with Gasteiger partial charge in [0.05, 0.1) is 0 Å². The molecule has 7 rings (SSSR count). The van der Waals surface area contributed by atoms with Crippen molar-refractivity contribution >= 4 is 20.5 Å². The van der Waals surface area contributed by atoms with Crippen molar-refractivity contribution < 1.29 is 0 Å². The molecule has 0 nitrogen and oxygen atoms in total. The van der Waals surface area contributed by atoms with Gasteiger partial charge in [0.15, 0.2) is 0 Å². The van der Waals surface area contributed by atoms with Gasteiger partial charge in [-0.05, 0) is 0 Å². The van der Waals surface area contributed by atoms with E-state index in [1.165, 1.54) is 116 Å². The summed E-state index contributed by atoms with van der Waals surface area (Å²) in [6.45, 7) is 37.5. The van der Waals surface area contributed by atoms with Crippen molar-refractivity contribution in [2.24, 2.45) is 0 Å². The average Bonchev–Trinajstić information content (AvgIpc) is 3.29. The van der Waals surface area contributed by atoms with E-state index in [-0.39, 0.29) is 0 Å². The molecule has 0 bridgehead atoms. The third-order valence-corrected chi connectivity index (χ3v) is 15.1. The molecule has 0 fully saturated rings. The first kappa shape index (κ1) is 50.0. The molecule has 0 heterocycles. The van der Waals surface area contributed by atoms with E-state index in [1.54, 1.807) is 0 Å². The Morgan fingerprint density at radius 1 is 0.239 bits per heavy atom. The van der Waals surface area contributed by atoms with E-state index in [9.17, 15) is 0 Å². The summed E-state index contributed by atoms with van der Waals surface area (Å²) in [6, 6.07) is 49.9. The van der Waals surface area contributed by atoms with Crippen molar-refractivity contribution in [1.82, 2.24) is 0 Å². The van der Waals surface area contributed by atoms with Crippen LogP contribution < -0.4 is 4.46 Å². The van der Waals surface area contributed by atoms with Crippen LogP contribution in [0.15, 0.2) is 127 Å². The molecule has 0 N–H and O–H groups in total. The predicted octanol–water partition coefficient (Wildman–Crippen LogP) is 19.5. The van der Waals surface area contributed by atoms with Gasteiger partial charge in [0.25, 0.3) is 0 Å². The molecule has 67 heavy (non-hydrogen) atoms. The molecular weight excluding hydrogens is 872 g/mol. The summed E-state index contributed by atoms with van der Waals surface area (Å²) < 4.78 is 1.18. The summed E-state index contributed by atoms with van der Waals surface area (Å²) in [5, 5.41) is 0. The minimum absolute atomic E-state index is 0.379. The van der Waals surface area contributed by atoms with Crippen LogP contribution in [0.5, 0.6) is 0 Å². The summed E-state index contributed by atoms with van der Waals surface area (Å²) in [5.74, 6) is 3.03. The molecule has 0 saturated carbocycles. The normalized spacial score (nSPS) is 12.1. The molecule has 7 aromatic carbocycles. The zero-order valence-electron chi connectivity index (χ0n) is 43.7. The Morgan fingerprint density at radius 2 is 0.403 bits per heavy atom. The molecule has 0 aromatic heterocycles. The van der Waals surface area contributed by atoms with Gasteiger partial charge in [-0.15, -0.1) is 0 Å². The van der Waals surface area contributed by atoms with E-state index in [0.717, 1.165) is 0 Å². The molecule has 0 unspecified atom stereocenters. The average molecular weight is 949 g/mol. The fourth-order valence-corrected chi connectivity index (χ4v) is 11.5. The molecule has 7 aromatic rings. The zero-order valence-corrected chi connectivity index (χ0v) is 45.4. The van der Waals surface area contributed by atoms with E-state index < -0.39 is 0 Å². The Hall–Kier alpha value is -4.94. The minimum atomic E-state index is 0.379. The number of hydrogen-bond donors (Lipinski definition) is 0. The molecule has 0 aliphatic rings. The van der Waals surface area contributed by atoms with Gasteiger partial charge in [-0.1, -0.05) is 0 Å². The van der Waals surface area contributed by atoms with E-state index in [0.29, 0.717) is 47.3 Å². The van der Waals surface area contributed by atoms with Crippen LogP contribution in [0.3, 0.4) is 0 Å². The molecule has 1 radical (unpaired) electrons. The van der Waals surface area contributed by atoms with Crippen LogP contribution in [0.4, 0.5) is 0 Å². The van der Waals surface area contributed by atoms with Crippen LogP contribution in [-0.2, 0) is 0 Å². The predicted molar refractivity (Wildman–Crippen MR) is 297 cm³/mol. The Morgan fingerprint density at radius 3 is 0.582 bits per heavy atom. The van der Waals surface area contributed by atoms with Crippen LogP contribution >= 0.6 is 0 Å². The van der Waals surface area contributed by atoms with E-state index >= 15 is 0 Å². The quantitative estimate of drug-likeness (QED) is 0.0953. The van der Waals surface area contributed by atoms with Crippen molar-refractivity contribution in [2.45, 2.75) is 158 Å². The van der Waals surface area contributed by atoms with Crippen LogP contribution in [0.2, 0.25) is 0 Å². The van der Waals surface area contributed by atoms with Gasteiger partial charge in [0.1, 0.15) is 0 Å².